The van der Waals surface area contributed by atoms with Gasteiger partial charge in [0.1, 0.15) is 6.42 Å². The van der Waals surface area contributed by atoms with Crippen molar-refractivity contribution in [3.63, 3.8) is 0 Å². The molecule has 0 radical (unpaired) electrons. The van der Waals surface area contributed by atoms with Gasteiger partial charge in [-0.25, -0.2) is 0 Å². The van der Waals surface area contributed by atoms with Crippen LogP contribution in [-0.4, -0.2) is 49.6 Å². The topological polar surface area (TPSA) is 59.4 Å². The first kappa shape index (κ1) is 22.4. The van der Waals surface area contributed by atoms with Gasteiger partial charge in [0.2, 0.25) is 5.91 Å². The molecule has 1 saturated heterocycles. The largest absolute Gasteiger partial charge is 0.416 e. The zero-order valence-corrected chi connectivity index (χ0v) is 17.1. The first-order valence-electron chi connectivity index (χ1n) is 10.7. The molecule has 2 aliphatic rings. The highest BCUT2D eigenvalue weighted by molar-refractivity contribution is 5.78. The van der Waals surface area contributed by atoms with Gasteiger partial charge in [-0.05, 0) is 68.8 Å². The Bertz CT molecular complexity index is 728. The molecule has 0 bridgehead atoms. The van der Waals surface area contributed by atoms with Crippen LogP contribution < -0.4 is 10.2 Å². The zero-order chi connectivity index (χ0) is 21.6. The third kappa shape index (κ3) is 6.36. The van der Waals surface area contributed by atoms with Crippen molar-refractivity contribution in [2.45, 2.75) is 50.7 Å². The fourth-order valence-corrected chi connectivity index (χ4v) is 4.40. The third-order valence-electron chi connectivity index (χ3n) is 6.24. The summed E-state index contributed by atoms with van der Waals surface area (Å²) in [5.74, 6) is 0.494. The molecule has 0 unspecified atom stereocenters. The quantitative estimate of drug-likeness (QED) is 0.758. The Morgan fingerprint density at radius 2 is 1.70 bits per heavy atom. The van der Waals surface area contributed by atoms with Gasteiger partial charge in [0, 0.05) is 37.9 Å². The molecule has 164 valence electrons. The Balaban J connectivity index is 1.35. The SMILES string of the molecule is N#CCC(=O)N[C@H]1CC[C@H](CCN2CCN(c3ccc(C(F)(F)F)cc3)CC2)CC1. The van der Waals surface area contributed by atoms with Gasteiger partial charge in [-0.3, -0.25) is 9.69 Å². The van der Waals surface area contributed by atoms with Crippen LogP contribution in [0.1, 0.15) is 44.1 Å². The predicted molar refractivity (Wildman–Crippen MR) is 109 cm³/mol. The molecule has 1 amide bonds. The first-order chi connectivity index (χ1) is 14.3. The van der Waals surface area contributed by atoms with Crippen LogP contribution in [0.4, 0.5) is 18.9 Å². The summed E-state index contributed by atoms with van der Waals surface area (Å²) >= 11 is 0. The van der Waals surface area contributed by atoms with E-state index in [-0.39, 0.29) is 18.4 Å². The minimum Gasteiger partial charge on any atom is -0.369 e. The fraction of sp³-hybridized carbons (Fsp3) is 0.636. The lowest BCUT2D eigenvalue weighted by Gasteiger charge is -2.37. The first-order valence-corrected chi connectivity index (χ1v) is 10.7. The number of halogens is 3. The molecule has 1 saturated carbocycles. The van der Waals surface area contributed by atoms with E-state index >= 15 is 0 Å². The minimum absolute atomic E-state index is 0.0711. The molecule has 0 atom stereocenters. The Morgan fingerprint density at radius 1 is 1.07 bits per heavy atom. The van der Waals surface area contributed by atoms with E-state index in [9.17, 15) is 18.0 Å². The number of carbonyl (C=O) groups is 1. The van der Waals surface area contributed by atoms with Crippen LogP contribution >= 0.6 is 0 Å². The number of alkyl halides is 3. The molecule has 8 heteroatoms. The van der Waals surface area contributed by atoms with Crippen LogP contribution in [-0.2, 0) is 11.0 Å². The summed E-state index contributed by atoms with van der Waals surface area (Å²) in [6, 6.07) is 7.51. The van der Waals surface area contributed by atoms with E-state index < -0.39 is 11.7 Å². The van der Waals surface area contributed by atoms with Gasteiger partial charge >= 0.3 is 6.18 Å². The molecule has 1 aromatic rings. The van der Waals surface area contributed by atoms with Crippen molar-refractivity contribution in [3.05, 3.63) is 29.8 Å². The molecule has 3 rings (SSSR count). The standard InChI is InChI=1S/C22H29F3N4O/c23-22(24,25)18-3-7-20(8-4-18)29-15-13-28(14-16-29)12-10-17-1-5-19(6-2-17)27-21(30)9-11-26/h3-4,7-8,17,19H,1-2,5-6,9-10,12-16H2,(H,27,30)/t17-,19-. The van der Waals surface area contributed by atoms with Gasteiger partial charge in [0.25, 0.3) is 0 Å². The maximum atomic E-state index is 12.7. The van der Waals surface area contributed by atoms with Crippen molar-refractivity contribution in [1.82, 2.24) is 10.2 Å². The van der Waals surface area contributed by atoms with E-state index in [2.05, 4.69) is 15.1 Å². The van der Waals surface area contributed by atoms with E-state index in [0.717, 1.165) is 82.6 Å². The molecule has 30 heavy (non-hydrogen) atoms. The van der Waals surface area contributed by atoms with Crippen LogP contribution in [0.5, 0.6) is 0 Å². The maximum Gasteiger partial charge on any atom is 0.416 e. The number of benzene rings is 1. The molecule has 0 spiro atoms. The normalized spacial score (nSPS) is 23.1. The summed E-state index contributed by atoms with van der Waals surface area (Å²) in [5.41, 5.74) is 0.239. The smallest absolute Gasteiger partial charge is 0.369 e. The van der Waals surface area contributed by atoms with Gasteiger partial charge in [0.15, 0.2) is 0 Å². The fourth-order valence-electron chi connectivity index (χ4n) is 4.40. The lowest BCUT2D eigenvalue weighted by atomic mass is 9.84. The number of hydrogen-bond acceptors (Lipinski definition) is 4. The molecular weight excluding hydrogens is 393 g/mol. The highest BCUT2D eigenvalue weighted by Gasteiger charge is 2.30. The Kier molecular flexibility index (Phi) is 7.59. The molecule has 1 aromatic carbocycles. The average molecular weight is 422 g/mol. The van der Waals surface area contributed by atoms with E-state index in [1.165, 1.54) is 0 Å². The van der Waals surface area contributed by atoms with Crippen LogP contribution in [0.2, 0.25) is 0 Å². The molecule has 2 fully saturated rings. The maximum absolute atomic E-state index is 12.7. The second-order valence-electron chi connectivity index (χ2n) is 8.28. The van der Waals surface area contributed by atoms with Crippen LogP contribution in [0.25, 0.3) is 0 Å². The van der Waals surface area contributed by atoms with Crippen molar-refractivity contribution in [2.24, 2.45) is 5.92 Å². The average Bonchev–Trinajstić information content (AvgIpc) is 2.73. The third-order valence-corrected chi connectivity index (χ3v) is 6.24. The molecule has 0 aromatic heterocycles. The number of nitriles is 1. The summed E-state index contributed by atoms with van der Waals surface area (Å²) in [6.45, 7) is 4.52. The monoisotopic (exact) mass is 422 g/mol. The van der Waals surface area contributed by atoms with E-state index in [4.69, 9.17) is 5.26 Å². The van der Waals surface area contributed by atoms with Crippen molar-refractivity contribution < 1.29 is 18.0 Å². The number of hydrogen-bond donors (Lipinski definition) is 1. The molecule has 1 heterocycles. The number of amides is 1. The van der Waals surface area contributed by atoms with Gasteiger partial charge in [-0.15, -0.1) is 0 Å². The Morgan fingerprint density at radius 3 is 2.27 bits per heavy atom. The molecule has 5 nitrogen and oxygen atoms in total. The number of anilines is 1. The molecule has 1 N–H and O–H groups in total. The summed E-state index contributed by atoms with van der Waals surface area (Å²) in [5, 5.41) is 11.5. The van der Waals surface area contributed by atoms with Crippen molar-refractivity contribution in [1.29, 1.82) is 5.26 Å². The Hall–Kier alpha value is -2.27. The van der Waals surface area contributed by atoms with Gasteiger partial charge in [0.05, 0.1) is 11.6 Å². The number of nitrogens with zero attached hydrogens (tertiary/aromatic N) is 3. The van der Waals surface area contributed by atoms with Crippen molar-refractivity contribution >= 4 is 11.6 Å². The summed E-state index contributed by atoms with van der Waals surface area (Å²) in [6.07, 6.45) is 0.926. The van der Waals surface area contributed by atoms with E-state index in [1.807, 2.05) is 6.07 Å². The van der Waals surface area contributed by atoms with Crippen LogP contribution in [0, 0.1) is 17.2 Å². The van der Waals surface area contributed by atoms with Crippen LogP contribution in [0.15, 0.2) is 24.3 Å². The zero-order valence-electron chi connectivity index (χ0n) is 17.1. The summed E-state index contributed by atoms with van der Waals surface area (Å²) in [4.78, 5) is 16.1. The van der Waals surface area contributed by atoms with Crippen LogP contribution in [0.3, 0.4) is 0 Å². The molecule has 1 aliphatic heterocycles. The predicted octanol–water partition coefficient (Wildman–Crippen LogP) is 3.81. The minimum atomic E-state index is -4.29. The highest BCUT2D eigenvalue weighted by Crippen LogP contribution is 2.31. The lowest BCUT2D eigenvalue weighted by molar-refractivity contribution is -0.137. The Labute approximate surface area is 175 Å². The highest BCUT2D eigenvalue weighted by atomic mass is 19.4. The summed E-state index contributed by atoms with van der Waals surface area (Å²) < 4.78 is 38.1. The molecular formula is C22H29F3N4O. The van der Waals surface area contributed by atoms with Gasteiger partial charge in [-0.1, -0.05) is 0 Å². The number of piperazine rings is 1. The number of carbonyl (C=O) groups excluding carboxylic acids is 1. The number of nitrogens with one attached hydrogen (secondary N) is 1. The summed E-state index contributed by atoms with van der Waals surface area (Å²) in [7, 11) is 0. The number of rotatable bonds is 6. The lowest BCUT2D eigenvalue weighted by Crippen LogP contribution is -2.47. The van der Waals surface area contributed by atoms with Crippen molar-refractivity contribution in [3.8, 4) is 6.07 Å². The van der Waals surface area contributed by atoms with E-state index in [1.54, 1.807) is 12.1 Å². The second kappa shape index (κ2) is 10.2. The second-order valence-corrected chi connectivity index (χ2v) is 8.28. The van der Waals surface area contributed by atoms with Crippen molar-refractivity contribution in [2.75, 3.05) is 37.6 Å². The van der Waals surface area contributed by atoms with Gasteiger partial charge < -0.3 is 10.2 Å². The van der Waals surface area contributed by atoms with E-state index in [0.29, 0.717) is 5.92 Å². The molecule has 1 aliphatic carbocycles. The van der Waals surface area contributed by atoms with Gasteiger partial charge in [-0.2, -0.15) is 18.4 Å².